The first kappa shape index (κ1) is 16.9. The average Bonchev–Trinajstić information content (AvgIpc) is 2.92. The number of quaternary nitrogens is 1. The summed E-state index contributed by atoms with van der Waals surface area (Å²) in [6, 6.07) is 3.85. The van der Waals surface area contributed by atoms with E-state index in [0.29, 0.717) is 17.8 Å². The first-order valence-corrected chi connectivity index (χ1v) is 8.27. The van der Waals surface area contributed by atoms with Gasteiger partial charge in [0.1, 0.15) is 13.1 Å². The van der Waals surface area contributed by atoms with Crippen LogP contribution in [0.15, 0.2) is 12.1 Å². The van der Waals surface area contributed by atoms with Gasteiger partial charge in [-0.3, -0.25) is 9.59 Å². The minimum Gasteiger partial charge on any atom is -0.355 e. The number of likely N-dealkylation sites (N-methyl/N-ethyl adjacent to an activating group) is 1. The van der Waals surface area contributed by atoms with Crippen molar-refractivity contribution < 1.29 is 14.5 Å². The Morgan fingerprint density at radius 1 is 1.32 bits per heavy atom. The number of aryl methyl sites for hydroxylation is 1. The highest BCUT2D eigenvalue weighted by Gasteiger charge is 2.22. The monoisotopic (exact) mass is 339 g/mol. The minimum atomic E-state index is -0.0146. The van der Waals surface area contributed by atoms with Crippen LogP contribution in [0, 0.1) is 13.8 Å². The van der Waals surface area contributed by atoms with Crippen LogP contribution in [0.4, 0.5) is 0 Å². The molecule has 2 aromatic rings. The van der Waals surface area contributed by atoms with Crippen molar-refractivity contribution in [1.82, 2.24) is 4.98 Å². The lowest BCUT2D eigenvalue weighted by Gasteiger charge is -2.11. The van der Waals surface area contributed by atoms with E-state index in [1.165, 1.54) is 18.3 Å². The summed E-state index contributed by atoms with van der Waals surface area (Å²) >= 11 is 7.45. The molecule has 118 valence electrons. The van der Waals surface area contributed by atoms with E-state index < -0.39 is 0 Å². The zero-order chi connectivity index (χ0) is 16.4. The number of carbonyl (C=O) groups is 2. The highest BCUT2D eigenvalue weighted by molar-refractivity contribution is 7.16. The van der Waals surface area contributed by atoms with Gasteiger partial charge in [-0.1, -0.05) is 11.6 Å². The number of Topliss-reactive ketones (excluding diaryl/α,β-unsaturated/α-hetero) is 2. The molecular formula is C16H20ClN2O2S+. The molecule has 0 amide bonds. The van der Waals surface area contributed by atoms with E-state index in [2.05, 4.69) is 4.98 Å². The van der Waals surface area contributed by atoms with E-state index in [1.54, 1.807) is 0 Å². The van der Waals surface area contributed by atoms with E-state index in [9.17, 15) is 9.59 Å². The summed E-state index contributed by atoms with van der Waals surface area (Å²) in [5.41, 5.74) is 2.69. The van der Waals surface area contributed by atoms with E-state index >= 15 is 0 Å². The second-order valence-corrected chi connectivity index (χ2v) is 7.42. The van der Waals surface area contributed by atoms with Crippen LogP contribution in [0.3, 0.4) is 0 Å². The predicted molar refractivity (Wildman–Crippen MR) is 89.4 cm³/mol. The van der Waals surface area contributed by atoms with Gasteiger partial charge in [-0.25, -0.2) is 0 Å². The molecule has 0 bridgehead atoms. The fraction of sp³-hybridized carbons (Fsp3) is 0.375. The zero-order valence-electron chi connectivity index (χ0n) is 13.2. The number of carbonyl (C=O) groups excluding carboxylic acids is 2. The van der Waals surface area contributed by atoms with Gasteiger partial charge in [0.2, 0.25) is 5.78 Å². The molecular weight excluding hydrogens is 320 g/mol. The first-order valence-electron chi connectivity index (χ1n) is 7.08. The largest absolute Gasteiger partial charge is 0.355 e. The van der Waals surface area contributed by atoms with Gasteiger partial charge in [-0.2, -0.15) is 0 Å². The van der Waals surface area contributed by atoms with E-state index in [1.807, 2.05) is 33.0 Å². The summed E-state index contributed by atoms with van der Waals surface area (Å²) in [6.07, 6.45) is 0. The number of aromatic amines is 1. The van der Waals surface area contributed by atoms with Gasteiger partial charge in [0.15, 0.2) is 5.78 Å². The number of H-pyrrole nitrogens is 1. The molecule has 2 heterocycles. The number of ketones is 2. The van der Waals surface area contributed by atoms with Crippen LogP contribution in [0.5, 0.6) is 0 Å². The molecule has 0 fully saturated rings. The Bertz CT molecular complexity index is 718. The number of hydrogen-bond donors (Lipinski definition) is 2. The third-order valence-electron chi connectivity index (χ3n) is 3.64. The molecule has 2 aromatic heterocycles. The lowest BCUT2D eigenvalue weighted by molar-refractivity contribution is -0.884. The maximum absolute atomic E-state index is 12.5. The summed E-state index contributed by atoms with van der Waals surface area (Å²) in [5, 5.41) is 0. The van der Waals surface area contributed by atoms with Crippen LogP contribution < -0.4 is 4.90 Å². The number of rotatable bonds is 6. The molecule has 0 spiro atoms. The number of hydrogen-bond acceptors (Lipinski definition) is 3. The van der Waals surface area contributed by atoms with Gasteiger partial charge in [-0.05, 0) is 38.5 Å². The van der Waals surface area contributed by atoms with Gasteiger partial charge >= 0.3 is 0 Å². The van der Waals surface area contributed by atoms with Crippen molar-refractivity contribution in [3.05, 3.63) is 43.9 Å². The van der Waals surface area contributed by atoms with E-state index in [0.717, 1.165) is 31.9 Å². The second kappa shape index (κ2) is 6.77. The Kier molecular flexibility index (Phi) is 5.21. The van der Waals surface area contributed by atoms with Crippen molar-refractivity contribution in [3.63, 3.8) is 0 Å². The maximum Gasteiger partial charge on any atom is 0.233 e. The van der Waals surface area contributed by atoms with Gasteiger partial charge < -0.3 is 9.88 Å². The number of thiophene rings is 1. The van der Waals surface area contributed by atoms with Crippen molar-refractivity contribution in [3.8, 4) is 0 Å². The summed E-state index contributed by atoms with van der Waals surface area (Å²) in [4.78, 5) is 29.4. The maximum atomic E-state index is 12.5. The summed E-state index contributed by atoms with van der Waals surface area (Å²) in [6.45, 7) is 6.29. The van der Waals surface area contributed by atoms with Gasteiger partial charge in [0, 0.05) is 11.3 Å². The van der Waals surface area contributed by atoms with Crippen LogP contribution in [0.1, 0.15) is 43.9 Å². The standard InChI is InChI=1S/C16H19ClN2O2S/c1-9-15(11(3)20)10(2)18-16(9)13(21)8-19(4)7-12-5-6-14(17)22-12/h5-6,18H,7-8H2,1-4H3/p+1. The predicted octanol–water partition coefficient (Wildman–Crippen LogP) is 2.45. The quantitative estimate of drug-likeness (QED) is 0.794. The lowest BCUT2D eigenvalue weighted by atomic mass is 10.1. The molecule has 0 aromatic carbocycles. The van der Waals surface area contributed by atoms with E-state index in [-0.39, 0.29) is 11.6 Å². The third kappa shape index (κ3) is 3.66. The normalized spacial score (nSPS) is 12.4. The van der Waals surface area contributed by atoms with Crippen LogP contribution in [-0.4, -0.2) is 30.1 Å². The van der Waals surface area contributed by atoms with Crippen LogP contribution in [0.25, 0.3) is 0 Å². The third-order valence-corrected chi connectivity index (χ3v) is 4.87. The number of nitrogens with one attached hydrogen (secondary N) is 2. The summed E-state index contributed by atoms with van der Waals surface area (Å²) in [5.74, 6) is 0.00693. The molecule has 2 N–H and O–H groups in total. The molecule has 22 heavy (non-hydrogen) atoms. The summed E-state index contributed by atoms with van der Waals surface area (Å²) < 4.78 is 0.760. The Hall–Kier alpha value is -1.43. The molecule has 4 nitrogen and oxygen atoms in total. The fourth-order valence-electron chi connectivity index (χ4n) is 2.73. The van der Waals surface area contributed by atoms with Crippen molar-refractivity contribution in [2.45, 2.75) is 27.3 Å². The number of halogens is 1. The lowest BCUT2D eigenvalue weighted by Crippen LogP contribution is -3.08. The van der Waals surface area contributed by atoms with Crippen LogP contribution in [0.2, 0.25) is 4.34 Å². The fourth-order valence-corrected chi connectivity index (χ4v) is 3.93. The van der Waals surface area contributed by atoms with E-state index in [4.69, 9.17) is 11.6 Å². The van der Waals surface area contributed by atoms with Crippen molar-refractivity contribution >= 4 is 34.5 Å². The Morgan fingerprint density at radius 3 is 2.50 bits per heavy atom. The minimum absolute atomic E-state index is 0.0146. The average molecular weight is 340 g/mol. The topological polar surface area (TPSA) is 54.4 Å². The molecule has 0 saturated heterocycles. The Labute approximate surface area is 139 Å². The van der Waals surface area contributed by atoms with Gasteiger partial charge in [0.05, 0.1) is 22.0 Å². The molecule has 0 radical (unpaired) electrons. The molecule has 0 saturated carbocycles. The first-order chi connectivity index (χ1) is 10.3. The molecule has 0 aliphatic carbocycles. The zero-order valence-corrected chi connectivity index (χ0v) is 14.7. The van der Waals surface area contributed by atoms with Crippen molar-refractivity contribution in [2.75, 3.05) is 13.6 Å². The van der Waals surface area contributed by atoms with Crippen molar-refractivity contribution in [2.24, 2.45) is 0 Å². The smallest absolute Gasteiger partial charge is 0.233 e. The number of aromatic nitrogens is 1. The second-order valence-electron chi connectivity index (χ2n) is 5.62. The Morgan fingerprint density at radius 2 is 2.00 bits per heavy atom. The van der Waals surface area contributed by atoms with Crippen LogP contribution in [-0.2, 0) is 6.54 Å². The molecule has 1 unspecified atom stereocenters. The molecule has 0 aliphatic heterocycles. The highest BCUT2D eigenvalue weighted by Crippen LogP contribution is 2.21. The summed E-state index contributed by atoms with van der Waals surface area (Å²) in [7, 11) is 1.97. The van der Waals surface area contributed by atoms with Gasteiger partial charge in [-0.15, -0.1) is 11.3 Å². The van der Waals surface area contributed by atoms with Crippen LogP contribution >= 0.6 is 22.9 Å². The molecule has 1 atom stereocenters. The van der Waals surface area contributed by atoms with Gasteiger partial charge in [0.25, 0.3) is 0 Å². The van der Waals surface area contributed by atoms with Crippen molar-refractivity contribution in [1.29, 1.82) is 0 Å². The SMILES string of the molecule is CC(=O)c1c(C)[nH]c(C(=O)C[NH+](C)Cc2ccc(Cl)s2)c1C. The Balaban J connectivity index is 2.09. The highest BCUT2D eigenvalue weighted by atomic mass is 35.5. The molecule has 2 rings (SSSR count). The molecule has 6 heteroatoms. The molecule has 0 aliphatic rings.